The van der Waals surface area contributed by atoms with Crippen LogP contribution in [0.4, 0.5) is 5.69 Å². The van der Waals surface area contributed by atoms with Crippen LogP contribution in [0.25, 0.3) is 0 Å². The minimum absolute atomic E-state index is 0.0102. The molecule has 17 heavy (non-hydrogen) atoms. The highest BCUT2D eigenvalue weighted by Gasteiger charge is 2.33. The third-order valence-electron chi connectivity index (χ3n) is 3.19. The maximum absolute atomic E-state index is 10.3. The van der Waals surface area contributed by atoms with Gasteiger partial charge in [0.05, 0.1) is 5.60 Å². The molecule has 3 nitrogen and oxygen atoms in total. The maximum Gasteiger partial charge on any atom is 0.0917 e. The second-order valence-electron chi connectivity index (χ2n) is 5.93. The lowest BCUT2D eigenvalue weighted by Gasteiger charge is -2.32. The van der Waals surface area contributed by atoms with Gasteiger partial charge in [0.15, 0.2) is 0 Å². The molecule has 2 rings (SSSR count). The molecule has 2 N–H and O–H groups in total. The molecule has 0 spiro atoms. The summed E-state index contributed by atoms with van der Waals surface area (Å²) in [5, 5.41) is 13.7. The van der Waals surface area contributed by atoms with E-state index in [0.717, 1.165) is 6.54 Å². The van der Waals surface area contributed by atoms with Crippen molar-refractivity contribution in [1.29, 1.82) is 0 Å². The molecule has 3 heteroatoms. The van der Waals surface area contributed by atoms with E-state index in [1.54, 1.807) is 0 Å². The number of nitrogens with one attached hydrogen (secondary N) is 1. The van der Waals surface area contributed by atoms with Gasteiger partial charge >= 0.3 is 0 Å². The number of nitrogens with zero attached hydrogens (tertiary/aromatic N) is 1. The van der Waals surface area contributed by atoms with Crippen molar-refractivity contribution in [3.63, 3.8) is 0 Å². The fourth-order valence-corrected chi connectivity index (χ4v) is 2.31. The molecule has 1 aliphatic heterocycles. The molecule has 1 saturated heterocycles. The lowest BCUT2D eigenvalue weighted by molar-refractivity contribution is 0.0696. The molecule has 1 fully saturated rings. The summed E-state index contributed by atoms with van der Waals surface area (Å²) in [6, 6.07) is 10.3. The van der Waals surface area contributed by atoms with Crippen molar-refractivity contribution in [3.8, 4) is 0 Å². The Labute approximate surface area is 103 Å². The molecule has 0 saturated carbocycles. The van der Waals surface area contributed by atoms with Gasteiger partial charge in [-0.1, -0.05) is 18.2 Å². The summed E-state index contributed by atoms with van der Waals surface area (Å²) < 4.78 is 0. The highest BCUT2D eigenvalue weighted by atomic mass is 16.3. The number of para-hydroxylation sites is 1. The third-order valence-corrected chi connectivity index (χ3v) is 3.19. The molecule has 1 unspecified atom stereocenters. The van der Waals surface area contributed by atoms with E-state index < -0.39 is 5.60 Å². The van der Waals surface area contributed by atoms with Gasteiger partial charge in [-0.3, -0.25) is 0 Å². The van der Waals surface area contributed by atoms with E-state index in [9.17, 15) is 5.11 Å². The Bertz CT molecular complexity index is 355. The van der Waals surface area contributed by atoms with Crippen LogP contribution in [-0.4, -0.2) is 35.9 Å². The molecular formula is C14H22N2O. The Morgan fingerprint density at radius 3 is 2.41 bits per heavy atom. The van der Waals surface area contributed by atoms with E-state index >= 15 is 0 Å². The third kappa shape index (κ3) is 3.20. The molecule has 0 amide bonds. The predicted molar refractivity (Wildman–Crippen MR) is 71.4 cm³/mol. The summed E-state index contributed by atoms with van der Waals surface area (Å²) >= 11 is 0. The van der Waals surface area contributed by atoms with Gasteiger partial charge in [0.25, 0.3) is 0 Å². The summed E-state index contributed by atoms with van der Waals surface area (Å²) in [4.78, 5) is 2.25. The van der Waals surface area contributed by atoms with E-state index in [1.165, 1.54) is 5.69 Å². The van der Waals surface area contributed by atoms with Crippen molar-refractivity contribution in [3.05, 3.63) is 30.3 Å². The average molecular weight is 234 g/mol. The number of anilines is 1. The second-order valence-corrected chi connectivity index (χ2v) is 5.93. The molecule has 94 valence electrons. The van der Waals surface area contributed by atoms with Gasteiger partial charge < -0.3 is 15.3 Å². The SMILES string of the molecule is CC1(O)CNC(C)(C)CN(c2ccccc2)C1. The number of hydrogen-bond acceptors (Lipinski definition) is 3. The van der Waals surface area contributed by atoms with Crippen LogP contribution in [0.15, 0.2) is 30.3 Å². The van der Waals surface area contributed by atoms with Crippen LogP contribution in [-0.2, 0) is 0 Å². The normalized spacial score (nSPS) is 28.8. The van der Waals surface area contributed by atoms with Crippen LogP contribution >= 0.6 is 0 Å². The lowest BCUT2D eigenvalue weighted by Crippen LogP contribution is -2.47. The van der Waals surface area contributed by atoms with Crippen molar-refractivity contribution < 1.29 is 5.11 Å². The van der Waals surface area contributed by atoms with Crippen molar-refractivity contribution in [2.45, 2.75) is 31.9 Å². The van der Waals surface area contributed by atoms with Gasteiger partial charge in [-0.15, -0.1) is 0 Å². The van der Waals surface area contributed by atoms with Crippen LogP contribution in [0, 0.1) is 0 Å². The smallest absolute Gasteiger partial charge is 0.0917 e. The Hall–Kier alpha value is -1.06. The van der Waals surface area contributed by atoms with Crippen LogP contribution in [0.1, 0.15) is 20.8 Å². The first-order chi connectivity index (χ1) is 7.88. The molecule has 1 heterocycles. The fraction of sp³-hybridized carbons (Fsp3) is 0.571. The average Bonchev–Trinajstić information content (AvgIpc) is 2.37. The van der Waals surface area contributed by atoms with E-state index in [2.05, 4.69) is 36.2 Å². The Morgan fingerprint density at radius 1 is 1.12 bits per heavy atom. The van der Waals surface area contributed by atoms with Gasteiger partial charge in [0, 0.05) is 30.9 Å². The maximum atomic E-state index is 10.3. The molecule has 1 aromatic carbocycles. The summed E-state index contributed by atoms with van der Waals surface area (Å²) in [5.41, 5.74) is 0.490. The van der Waals surface area contributed by atoms with E-state index in [1.807, 2.05) is 25.1 Å². The minimum atomic E-state index is -0.691. The fourth-order valence-electron chi connectivity index (χ4n) is 2.31. The standard InChI is InChI=1S/C14H22N2O/c1-13(2)10-16(11-14(3,17)9-15-13)12-7-5-4-6-8-12/h4-8,15,17H,9-11H2,1-3H3. The number of benzene rings is 1. The number of β-amino-alcohol motifs (C(OH)–C–C–N with tert-alkyl or cyclic N) is 1. The van der Waals surface area contributed by atoms with Crippen molar-refractivity contribution in [1.82, 2.24) is 5.32 Å². The van der Waals surface area contributed by atoms with E-state index in [4.69, 9.17) is 0 Å². The lowest BCUT2D eigenvalue weighted by atomic mass is 10.1. The molecule has 0 bridgehead atoms. The molecule has 0 aromatic heterocycles. The van der Waals surface area contributed by atoms with Crippen LogP contribution in [0.3, 0.4) is 0 Å². The number of hydrogen-bond donors (Lipinski definition) is 2. The minimum Gasteiger partial charge on any atom is -0.387 e. The van der Waals surface area contributed by atoms with Gasteiger partial charge in [0.1, 0.15) is 0 Å². The van der Waals surface area contributed by atoms with Gasteiger partial charge in [-0.25, -0.2) is 0 Å². The van der Waals surface area contributed by atoms with Crippen molar-refractivity contribution in [2.75, 3.05) is 24.5 Å². The first-order valence-corrected chi connectivity index (χ1v) is 6.15. The van der Waals surface area contributed by atoms with Crippen LogP contribution < -0.4 is 10.2 Å². The highest BCUT2D eigenvalue weighted by Crippen LogP contribution is 2.22. The predicted octanol–water partition coefficient (Wildman–Crippen LogP) is 1.63. The summed E-state index contributed by atoms with van der Waals surface area (Å²) in [6.07, 6.45) is 0. The zero-order chi connectivity index (χ0) is 12.5. The van der Waals surface area contributed by atoms with Gasteiger partial charge in [-0.05, 0) is 32.9 Å². The van der Waals surface area contributed by atoms with Crippen molar-refractivity contribution in [2.24, 2.45) is 0 Å². The largest absolute Gasteiger partial charge is 0.387 e. The molecule has 1 aromatic rings. The first-order valence-electron chi connectivity index (χ1n) is 6.15. The van der Waals surface area contributed by atoms with Crippen molar-refractivity contribution >= 4 is 5.69 Å². The van der Waals surface area contributed by atoms with Gasteiger partial charge in [-0.2, -0.15) is 0 Å². The highest BCUT2D eigenvalue weighted by molar-refractivity contribution is 5.47. The van der Waals surface area contributed by atoms with Crippen LogP contribution in [0.5, 0.6) is 0 Å². The van der Waals surface area contributed by atoms with E-state index in [-0.39, 0.29) is 5.54 Å². The molecule has 1 aliphatic rings. The summed E-state index contributed by atoms with van der Waals surface area (Å²) in [5.74, 6) is 0. The zero-order valence-corrected chi connectivity index (χ0v) is 10.9. The summed E-state index contributed by atoms with van der Waals surface area (Å²) in [6.45, 7) is 8.41. The Kier molecular flexibility index (Phi) is 3.15. The monoisotopic (exact) mass is 234 g/mol. The molecule has 0 radical (unpaired) electrons. The second kappa shape index (κ2) is 4.31. The molecule has 1 atom stereocenters. The summed E-state index contributed by atoms with van der Waals surface area (Å²) in [7, 11) is 0. The first kappa shape index (κ1) is 12.4. The molecular weight excluding hydrogens is 212 g/mol. The van der Waals surface area contributed by atoms with Crippen LogP contribution in [0.2, 0.25) is 0 Å². The Balaban J connectivity index is 2.26. The van der Waals surface area contributed by atoms with E-state index in [0.29, 0.717) is 13.1 Å². The quantitative estimate of drug-likeness (QED) is 0.775. The Morgan fingerprint density at radius 2 is 1.76 bits per heavy atom. The zero-order valence-electron chi connectivity index (χ0n) is 10.9. The topological polar surface area (TPSA) is 35.5 Å². The van der Waals surface area contributed by atoms with Gasteiger partial charge in [0.2, 0.25) is 0 Å². The number of rotatable bonds is 1. The molecule has 0 aliphatic carbocycles. The number of aliphatic hydroxyl groups is 1.